The molecule has 1 N–H and O–H groups in total. The number of aryl methyl sites for hydroxylation is 2. The molecule has 3 rings (SSSR count). The molecule has 1 heterocycles. The molecule has 3 aromatic rings. The molecule has 0 radical (unpaired) electrons. The van der Waals surface area contributed by atoms with Crippen molar-refractivity contribution in [1.82, 2.24) is 14.8 Å². The molecule has 0 saturated carbocycles. The van der Waals surface area contributed by atoms with Crippen molar-refractivity contribution in [2.45, 2.75) is 26.7 Å². The first kappa shape index (κ1) is 17.4. The van der Waals surface area contributed by atoms with E-state index in [0.29, 0.717) is 4.77 Å². The minimum Gasteiger partial charge on any atom is -0.377 e. The van der Waals surface area contributed by atoms with Gasteiger partial charge < -0.3 is 4.90 Å². The van der Waals surface area contributed by atoms with Crippen molar-refractivity contribution in [3.8, 4) is 17.1 Å². The molecule has 130 valence electrons. The third-order valence-corrected chi connectivity index (χ3v) is 4.72. The molecule has 0 unspecified atom stereocenters. The van der Waals surface area contributed by atoms with Gasteiger partial charge in [-0.1, -0.05) is 32.0 Å². The number of aromatic nitrogens is 3. The summed E-state index contributed by atoms with van der Waals surface area (Å²) in [6.07, 6.45) is 1.96. The van der Waals surface area contributed by atoms with Crippen LogP contribution in [0.3, 0.4) is 0 Å². The van der Waals surface area contributed by atoms with Crippen LogP contribution in [0.5, 0.6) is 0 Å². The molecule has 0 saturated heterocycles. The highest BCUT2D eigenvalue weighted by Crippen LogP contribution is 2.27. The SMILES string of the molecule is CCc1cccc(-c2n[nH]c(=S)n2-c2ccc(N(C)C)c(CC)c2)c1. The van der Waals surface area contributed by atoms with Gasteiger partial charge >= 0.3 is 0 Å². The summed E-state index contributed by atoms with van der Waals surface area (Å²) in [5.41, 5.74) is 5.92. The fourth-order valence-electron chi connectivity index (χ4n) is 3.09. The maximum absolute atomic E-state index is 5.51. The maximum atomic E-state index is 5.51. The third-order valence-electron chi connectivity index (χ3n) is 4.45. The molecular weight excluding hydrogens is 328 g/mol. The van der Waals surface area contributed by atoms with Gasteiger partial charge in [0.1, 0.15) is 0 Å². The smallest absolute Gasteiger partial charge is 0.200 e. The molecule has 0 bridgehead atoms. The topological polar surface area (TPSA) is 36.9 Å². The molecule has 0 atom stereocenters. The second kappa shape index (κ2) is 7.23. The van der Waals surface area contributed by atoms with Crippen molar-refractivity contribution in [2.24, 2.45) is 0 Å². The summed E-state index contributed by atoms with van der Waals surface area (Å²) < 4.78 is 2.62. The monoisotopic (exact) mass is 352 g/mol. The summed E-state index contributed by atoms with van der Waals surface area (Å²) in [4.78, 5) is 2.14. The Balaban J connectivity index is 2.16. The molecule has 0 aliphatic carbocycles. The predicted octanol–water partition coefficient (Wildman–Crippen LogP) is 4.79. The summed E-state index contributed by atoms with van der Waals surface area (Å²) in [6.45, 7) is 4.33. The van der Waals surface area contributed by atoms with Crippen LogP contribution in [0.4, 0.5) is 5.69 Å². The predicted molar refractivity (Wildman–Crippen MR) is 107 cm³/mol. The van der Waals surface area contributed by atoms with Crippen LogP contribution >= 0.6 is 12.2 Å². The summed E-state index contributed by atoms with van der Waals surface area (Å²) in [6, 6.07) is 14.9. The molecule has 0 aliphatic heterocycles. The van der Waals surface area contributed by atoms with Crippen molar-refractivity contribution in [2.75, 3.05) is 19.0 Å². The molecule has 1 aromatic heterocycles. The highest BCUT2D eigenvalue weighted by Gasteiger charge is 2.13. The van der Waals surface area contributed by atoms with Crippen LogP contribution in [-0.4, -0.2) is 28.9 Å². The standard InChI is InChI=1S/C20H24N4S/c1-5-14-8-7-9-16(12-14)19-21-22-20(25)24(19)17-10-11-18(23(3)4)15(6-2)13-17/h7-13H,5-6H2,1-4H3,(H,22,25). The average Bonchev–Trinajstić information content (AvgIpc) is 3.02. The lowest BCUT2D eigenvalue weighted by Crippen LogP contribution is -2.11. The quantitative estimate of drug-likeness (QED) is 0.671. The summed E-state index contributed by atoms with van der Waals surface area (Å²) >= 11 is 5.51. The lowest BCUT2D eigenvalue weighted by molar-refractivity contribution is 1.01. The lowest BCUT2D eigenvalue weighted by Gasteiger charge is -2.18. The Hall–Kier alpha value is -2.40. The van der Waals surface area contributed by atoms with Gasteiger partial charge in [0.15, 0.2) is 10.6 Å². The van der Waals surface area contributed by atoms with E-state index in [2.05, 4.69) is 85.5 Å². The second-order valence-corrected chi connectivity index (χ2v) is 6.69. The second-order valence-electron chi connectivity index (χ2n) is 6.30. The van der Waals surface area contributed by atoms with Gasteiger partial charge in [0, 0.05) is 25.3 Å². The van der Waals surface area contributed by atoms with Crippen LogP contribution in [0.1, 0.15) is 25.0 Å². The van der Waals surface area contributed by atoms with Gasteiger partial charge in [-0.2, -0.15) is 5.10 Å². The molecule has 0 fully saturated rings. The van der Waals surface area contributed by atoms with Gasteiger partial charge in [0.05, 0.1) is 5.69 Å². The zero-order chi connectivity index (χ0) is 18.0. The van der Waals surface area contributed by atoms with E-state index < -0.39 is 0 Å². The van der Waals surface area contributed by atoms with Gasteiger partial charge in [-0.3, -0.25) is 9.67 Å². The first-order valence-corrected chi connectivity index (χ1v) is 9.03. The summed E-state index contributed by atoms with van der Waals surface area (Å²) in [7, 11) is 4.14. The third kappa shape index (κ3) is 3.37. The molecular formula is C20H24N4S. The summed E-state index contributed by atoms with van der Waals surface area (Å²) in [5.74, 6) is 0.847. The van der Waals surface area contributed by atoms with E-state index in [1.165, 1.54) is 16.8 Å². The number of hydrogen-bond acceptors (Lipinski definition) is 3. The van der Waals surface area contributed by atoms with Gasteiger partial charge in [-0.05, 0) is 60.5 Å². The Morgan fingerprint density at radius 1 is 1.08 bits per heavy atom. The Bertz CT molecular complexity index is 937. The maximum Gasteiger partial charge on any atom is 0.200 e. The van der Waals surface area contributed by atoms with Crippen LogP contribution in [-0.2, 0) is 12.8 Å². The number of aromatic amines is 1. The number of benzene rings is 2. The van der Waals surface area contributed by atoms with Crippen LogP contribution in [0.2, 0.25) is 0 Å². The largest absolute Gasteiger partial charge is 0.377 e. The van der Waals surface area contributed by atoms with E-state index in [-0.39, 0.29) is 0 Å². The number of nitrogens with zero attached hydrogens (tertiary/aromatic N) is 3. The fraction of sp³-hybridized carbons (Fsp3) is 0.300. The lowest BCUT2D eigenvalue weighted by atomic mass is 10.1. The number of hydrogen-bond donors (Lipinski definition) is 1. The van der Waals surface area contributed by atoms with Gasteiger partial charge in [0.2, 0.25) is 0 Å². The van der Waals surface area contributed by atoms with Crippen LogP contribution in [0.25, 0.3) is 17.1 Å². The molecule has 0 spiro atoms. The van der Waals surface area contributed by atoms with E-state index in [4.69, 9.17) is 12.2 Å². The van der Waals surface area contributed by atoms with Crippen LogP contribution in [0, 0.1) is 4.77 Å². The van der Waals surface area contributed by atoms with Crippen molar-refractivity contribution in [1.29, 1.82) is 0 Å². The molecule has 4 nitrogen and oxygen atoms in total. The highest BCUT2D eigenvalue weighted by atomic mass is 32.1. The highest BCUT2D eigenvalue weighted by molar-refractivity contribution is 7.71. The van der Waals surface area contributed by atoms with Crippen molar-refractivity contribution in [3.63, 3.8) is 0 Å². The number of H-pyrrole nitrogens is 1. The van der Waals surface area contributed by atoms with E-state index in [9.17, 15) is 0 Å². The Kier molecular flexibility index (Phi) is 5.04. The normalized spacial score (nSPS) is 10.9. The molecule has 5 heteroatoms. The number of anilines is 1. The first-order chi connectivity index (χ1) is 12.0. The van der Waals surface area contributed by atoms with Crippen molar-refractivity contribution in [3.05, 3.63) is 58.4 Å². The van der Waals surface area contributed by atoms with Crippen LogP contribution in [0.15, 0.2) is 42.5 Å². The van der Waals surface area contributed by atoms with Crippen molar-refractivity contribution < 1.29 is 0 Å². The van der Waals surface area contributed by atoms with Crippen molar-refractivity contribution >= 4 is 17.9 Å². The van der Waals surface area contributed by atoms with Gasteiger partial charge in [0.25, 0.3) is 0 Å². The summed E-state index contributed by atoms with van der Waals surface area (Å²) in [5, 5.41) is 7.44. The molecule has 0 amide bonds. The molecule has 0 aliphatic rings. The Morgan fingerprint density at radius 2 is 1.88 bits per heavy atom. The van der Waals surface area contributed by atoms with E-state index >= 15 is 0 Å². The fourth-order valence-corrected chi connectivity index (χ4v) is 3.33. The van der Waals surface area contributed by atoms with Gasteiger partial charge in [-0.15, -0.1) is 0 Å². The number of nitrogens with one attached hydrogen (secondary N) is 1. The van der Waals surface area contributed by atoms with E-state index in [1.807, 2.05) is 4.57 Å². The first-order valence-electron chi connectivity index (χ1n) is 8.62. The zero-order valence-corrected chi connectivity index (χ0v) is 16.0. The van der Waals surface area contributed by atoms with Gasteiger partial charge in [-0.25, -0.2) is 0 Å². The average molecular weight is 353 g/mol. The Morgan fingerprint density at radius 3 is 2.56 bits per heavy atom. The molecule has 2 aromatic carbocycles. The van der Waals surface area contributed by atoms with Crippen LogP contribution < -0.4 is 4.90 Å². The molecule has 25 heavy (non-hydrogen) atoms. The minimum absolute atomic E-state index is 0.608. The Labute approximate surface area is 154 Å². The zero-order valence-electron chi connectivity index (χ0n) is 15.2. The number of rotatable bonds is 5. The minimum atomic E-state index is 0.608. The van der Waals surface area contributed by atoms with E-state index in [1.54, 1.807) is 0 Å². The van der Waals surface area contributed by atoms with E-state index in [0.717, 1.165) is 29.9 Å².